The fraction of sp³-hybridized carbons (Fsp3) is 0.304. The Morgan fingerprint density at radius 2 is 1.85 bits per heavy atom. The van der Waals surface area contributed by atoms with Crippen molar-refractivity contribution in [2.75, 3.05) is 11.6 Å². The molecule has 0 saturated heterocycles. The minimum Gasteiger partial charge on any atom is -0.328 e. The van der Waals surface area contributed by atoms with Gasteiger partial charge in [-0.1, -0.05) is 45.0 Å². The number of allylic oxidation sites excluding steroid dienone is 1. The van der Waals surface area contributed by atoms with Crippen molar-refractivity contribution in [3.63, 3.8) is 0 Å². The van der Waals surface area contributed by atoms with Crippen LogP contribution in [0.2, 0.25) is 0 Å². The lowest BCUT2D eigenvalue weighted by atomic mass is 9.84. The lowest BCUT2D eigenvalue weighted by Gasteiger charge is -2.26. The molecular weight excluding hydrogens is 320 g/mol. The largest absolute Gasteiger partial charge is 0.328 e. The molecule has 3 nitrogen and oxygen atoms in total. The zero-order valence-corrected chi connectivity index (χ0v) is 15.6. The minimum absolute atomic E-state index is 0.0558. The predicted molar refractivity (Wildman–Crippen MR) is 108 cm³/mol. The van der Waals surface area contributed by atoms with Crippen LogP contribution in [-0.4, -0.2) is 18.7 Å². The average molecular weight is 344 g/mol. The number of benzene rings is 2. The maximum atomic E-state index is 11.9. The predicted octanol–water partition coefficient (Wildman–Crippen LogP) is 5.14. The van der Waals surface area contributed by atoms with E-state index in [1.807, 2.05) is 18.4 Å². The number of nitrogens with zero attached hydrogens (tertiary/aromatic N) is 2. The van der Waals surface area contributed by atoms with Crippen molar-refractivity contribution < 1.29 is 4.79 Å². The van der Waals surface area contributed by atoms with E-state index in [4.69, 9.17) is 0 Å². The second-order valence-corrected chi connectivity index (χ2v) is 8.10. The quantitative estimate of drug-likeness (QED) is 0.755. The summed E-state index contributed by atoms with van der Waals surface area (Å²) in [4.78, 5) is 18.5. The molecule has 0 fully saturated rings. The van der Waals surface area contributed by atoms with Gasteiger partial charge in [-0.2, -0.15) is 0 Å². The Hall–Kier alpha value is -2.68. The van der Waals surface area contributed by atoms with Gasteiger partial charge in [0.1, 0.15) is 6.67 Å². The van der Waals surface area contributed by atoms with Crippen LogP contribution in [0.15, 0.2) is 53.7 Å². The van der Waals surface area contributed by atoms with Crippen molar-refractivity contribution in [3.8, 4) is 11.1 Å². The molecular formula is C23H24N2O. The zero-order valence-electron chi connectivity index (χ0n) is 15.6. The zero-order chi connectivity index (χ0) is 18.3. The topological polar surface area (TPSA) is 32.7 Å². The van der Waals surface area contributed by atoms with Crippen molar-refractivity contribution >= 4 is 17.7 Å². The van der Waals surface area contributed by atoms with E-state index in [9.17, 15) is 4.79 Å². The molecule has 0 spiro atoms. The molecule has 1 aliphatic carbocycles. The van der Waals surface area contributed by atoms with Crippen LogP contribution >= 0.6 is 0 Å². The fourth-order valence-corrected chi connectivity index (χ4v) is 3.56. The summed E-state index contributed by atoms with van der Waals surface area (Å²) in [5.41, 5.74) is 6.95. The number of carbonyl (C=O) groups excluding carboxylic acids is 1. The number of anilines is 1. The molecule has 0 N–H and O–H groups in total. The second kappa shape index (κ2) is 6.24. The fourth-order valence-electron chi connectivity index (χ4n) is 3.56. The first-order valence-corrected chi connectivity index (χ1v) is 9.17. The summed E-state index contributed by atoms with van der Waals surface area (Å²) in [6.07, 6.45) is 7.37. The van der Waals surface area contributed by atoms with Crippen molar-refractivity contribution in [3.05, 3.63) is 65.4 Å². The first kappa shape index (κ1) is 16.8. The highest BCUT2D eigenvalue weighted by Crippen LogP contribution is 2.35. The molecule has 1 heterocycles. The van der Waals surface area contributed by atoms with Crippen molar-refractivity contribution in [2.24, 2.45) is 4.99 Å². The SMILES string of the molecule is CC(C)(C)c1cc(-c2ccc3c(c2)CCC3=O)cc(N2C=CC=NC2)c1. The van der Waals surface area contributed by atoms with E-state index in [-0.39, 0.29) is 11.2 Å². The average Bonchev–Trinajstić information content (AvgIpc) is 3.02. The van der Waals surface area contributed by atoms with Crippen LogP contribution in [-0.2, 0) is 11.8 Å². The summed E-state index contributed by atoms with van der Waals surface area (Å²) >= 11 is 0. The normalized spacial score (nSPS) is 16.3. The third-order valence-electron chi connectivity index (χ3n) is 5.17. The van der Waals surface area contributed by atoms with Gasteiger partial charge in [-0.3, -0.25) is 9.79 Å². The summed E-state index contributed by atoms with van der Waals surface area (Å²) in [6, 6.07) is 13.0. The Labute approximate surface area is 155 Å². The molecule has 0 aromatic heterocycles. The molecule has 1 aliphatic heterocycles. The van der Waals surface area contributed by atoms with E-state index in [1.54, 1.807) is 0 Å². The molecule has 2 aromatic carbocycles. The van der Waals surface area contributed by atoms with Gasteiger partial charge in [-0.05, 0) is 52.3 Å². The maximum Gasteiger partial charge on any atom is 0.163 e. The first-order chi connectivity index (χ1) is 12.4. The summed E-state index contributed by atoms with van der Waals surface area (Å²) in [6.45, 7) is 7.35. The molecule has 0 amide bonds. The Morgan fingerprint density at radius 3 is 2.58 bits per heavy atom. The Morgan fingerprint density at radius 1 is 1.00 bits per heavy atom. The molecule has 2 aliphatic rings. The summed E-state index contributed by atoms with van der Waals surface area (Å²) in [5.74, 6) is 0.270. The van der Waals surface area contributed by atoms with E-state index in [0.717, 1.165) is 17.7 Å². The standard InChI is InChI=1S/C23H24N2O/c1-23(2,3)19-12-18(13-20(14-19)25-10-4-9-24-15-25)16-5-7-21-17(11-16)6-8-22(21)26/h4-5,7,9-14H,6,8,15H2,1-3H3. The van der Waals surface area contributed by atoms with E-state index in [1.165, 1.54) is 22.3 Å². The molecule has 26 heavy (non-hydrogen) atoms. The highest BCUT2D eigenvalue weighted by molar-refractivity contribution is 6.01. The molecule has 0 atom stereocenters. The monoisotopic (exact) mass is 344 g/mol. The Balaban J connectivity index is 1.81. The van der Waals surface area contributed by atoms with Gasteiger partial charge in [0.2, 0.25) is 0 Å². The highest BCUT2D eigenvalue weighted by atomic mass is 16.1. The molecule has 132 valence electrons. The second-order valence-electron chi connectivity index (χ2n) is 8.10. The van der Waals surface area contributed by atoms with Crippen LogP contribution in [0.5, 0.6) is 0 Å². The summed E-state index contributed by atoms with van der Waals surface area (Å²) in [5, 5.41) is 0. The number of Topliss-reactive ketones (excluding diaryl/α,β-unsaturated/α-hetero) is 1. The molecule has 0 saturated carbocycles. The van der Waals surface area contributed by atoms with Gasteiger partial charge in [-0.15, -0.1) is 0 Å². The number of aliphatic imine (C=N–C) groups is 1. The van der Waals surface area contributed by atoms with Crippen LogP contribution in [0.1, 0.15) is 48.7 Å². The third kappa shape index (κ3) is 3.10. The highest BCUT2D eigenvalue weighted by Gasteiger charge is 2.21. The van der Waals surface area contributed by atoms with Crippen molar-refractivity contribution in [2.45, 2.75) is 39.0 Å². The van der Waals surface area contributed by atoms with E-state index >= 15 is 0 Å². The lowest BCUT2D eigenvalue weighted by molar-refractivity contribution is 0.0994. The first-order valence-electron chi connectivity index (χ1n) is 9.17. The van der Waals surface area contributed by atoms with E-state index in [2.05, 4.69) is 67.2 Å². The minimum atomic E-state index is 0.0558. The summed E-state index contributed by atoms with van der Waals surface area (Å²) < 4.78 is 0. The van der Waals surface area contributed by atoms with Gasteiger partial charge < -0.3 is 4.90 Å². The Bertz CT molecular complexity index is 932. The van der Waals surface area contributed by atoms with Crippen LogP contribution in [0.3, 0.4) is 0 Å². The number of carbonyl (C=O) groups is 1. The number of hydrogen-bond acceptors (Lipinski definition) is 3. The van der Waals surface area contributed by atoms with Crippen LogP contribution in [0.25, 0.3) is 11.1 Å². The van der Waals surface area contributed by atoms with Crippen LogP contribution in [0, 0.1) is 0 Å². The lowest BCUT2D eigenvalue weighted by Crippen LogP contribution is -2.20. The van der Waals surface area contributed by atoms with Crippen LogP contribution < -0.4 is 4.90 Å². The maximum absolute atomic E-state index is 11.9. The molecule has 4 rings (SSSR count). The van der Waals surface area contributed by atoms with Gasteiger partial charge >= 0.3 is 0 Å². The number of rotatable bonds is 2. The molecule has 2 aromatic rings. The molecule has 0 unspecified atom stereocenters. The van der Waals surface area contributed by atoms with Gasteiger partial charge in [0.25, 0.3) is 0 Å². The Kier molecular flexibility index (Phi) is 4.03. The van der Waals surface area contributed by atoms with Gasteiger partial charge in [0.05, 0.1) is 0 Å². The number of ketones is 1. The van der Waals surface area contributed by atoms with E-state index < -0.39 is 0 Å². The van der Waals surface area contributed by atoms with Gasteiger partial charge in [-0.25, -0.2) is 0 Å². The van der Waals surface area contributed by atoms with Crippen molar-refractivity contribution in [1.29, 1.82) is 0 Å². The van der Waals surface area contributed by atoms with E-state index in [0.29, 0.717) is 13.1 Å². The number of fused-ring (bicyclic) bond motifs is 1. The van der Waals surface area contributed by atoms with Gasteiger partial charge in [0, 0.05) is 30.1 Å². The molecule has 3 heteroatoms. The third-order valence-corrected chi connectivity index (χ3v) is 5.17. The molecule has 0 bridgehead atoms. The van der Waals surface area contributed by atoms with Gasteiger partial charge in [0.15, 0.2) is 5.78 Å². The number of hydrogen-bond donors (Lipinski definition) is 0. The summed E-state index contributed by atoms with van der Waals surface area (Å²) in [7, 11) is 0. The molecule has 0 radical (unpaired) electrons. The van der Waals surface area contributed by atoms with Crippen LogP contribution in [0.4, 0.5) is 5.69 Å². The smallest absolute Gasteiger partial charge is 0.163 e. The number of aryl methyl sites for hydroxylation is 1. The van der Waals surface area contributed by atoms with Crippen molar-refractivity contribution in [1.82, 2.24) is 0 Å².